The van der Waals surface area contributed by atoms with Crippen LogP contribution < -0.4 is 24.8 Å². The molecule has 1 saturated heterocycles. The average molecular weight is 430 g/mol. The zero-order valence-corrected chi connectivity index (χ0v) is 17.6. The normalized spacial score (nSPS) is 15.6. The largest absolute Gasteiger partial charge is 0.479 e. The molecule has 11 nitrogen and oxygen atoms in total. The summed E-state index contributed by atoms with van der Waals surface area (Å²) >= 11 is 0. The molecule has 166 valence electrons. The van der Waals surface area contributed by atoms with E-state index in [2.05, 4.69) is 20.6 Å². The molecule has 3 heterocycles. The number of benzene rings is 1. The first kappa shape index (κ1) is 20.8. The number of ether oxygens (including phenoxy) is 3. The maximum absolute atomic E-state index is 12.7. The van der Waals surface area contributed by atoms with Gasteiger partial charge in [-0.15, -0.1) is 5.10 Å². The molecular weight excluding hydrogens is 404 g/mol. The van der Waals surface area contributed by atoms with Crippen LogP contribution in [0.15, 0.2) is 24.4 Å². The van der Waals surface area contributed by atoms with Crippen LogP contribution in [0.4, 0.5) is 10.5 Å². The summed E-state index contributed by atoms with van der Waals surface area (Å²) in [6.07, 6.45) is 1.68. The summed E-state index contributed by atoms with van der Waals surface area (Å²) in [5.74, 6) is 1.55. The highest BCUT2D eigenvalue weighted by Gasteiger charge is 2.26. The van der Waals surface area contributed by atoms with Crippen LogP contribution in [0.5, 0.6) is 17.4 Å². The Kier molecular flexibility index (Phi) is 6.12. The number of nitrogens with one attached hydrogen (secondary N) is 2. The molecule has 0 saturated carbocycles. The molecule has 2 aliphatic rings. The van der Waals surface area contributed by atoms with Crippen molar-refractivity contribution in [3.8, 4) is 17.4 Å². The Morgan fingerprint density at radius 3 is 2.71 bits per heavy atom. The third-order valence-corrected chi connectivity index (χ3v) is 5.22. The fraction of sp³-hybridized carbons (Fsp3) is 0.450. The summed E-state index contributed by atoms with van der Waals surface area (Å²) in [6, 6.07) is 4.98. The number of urea groups is 1. The van der Waals surface area contributed by atoms with Crippen molar-refractivity contribution < 1.29 is 23.8 Å². The number of amides is 3. The highest BCUT2D eigenvalue weighted by molar-refractivity contribution is 5.96. The quantitative estimate of drug-likeness (QED) is 0.695. The standard InChI is InChI=1S/C20H26N6O5/c1-24-12-15(18(23-24)29-2)19(27)26-9-7-25(8-10-26)6-5-21-20(28)22-14-3-4-16-17(11-14)31-13-30-16/h3-4,11-12H,5-10,13H2,1-2H3,(H2,21,22,28). The van der Waals surface area contributed by atoms with Gasteiger partial charge in [-0.05, 0) is 12.1 Å². The van der Waals surface area contributed by atoms with Crippen LogP contribution in [0.2, 0.25) is 0 Å². The molecule has 0 atom stereocenters. The zero-order chi connectivity index (χ0) is 21.8. The number of hydrogen-bond acceptors (Lipinski definition) is 7. The molecule has 2 aromatic rings. The van der Waals surface area contributed by atoms with Gasteiger partial charge in [-0.1, -0.05) is 0 Å². The molecule has 11 heteroatoms. The Labute approximate surface area is 179 Å². The summed E-state index contributed by atoms with van der Waals surface area (Å²) in [5.41, 5.74) is 1.11. The van der Waals surface area contributed by atoms with Crippen molar-refractivity contribution in [3.05, 3.63) is 30.0 Å². The molecule has 1 aromatic heterocycles. The summed E-state index contributed by atoms with van der Waals surface area (Å²) in [6.45, 7) is 4.09. The number of aromatic nitrogens is 2. The molecule has 0 aliphatic carbocycles. The second-order valence-electron chi connectivity index (χ2n) is 7.31. The monoisotopic (exact) mass is 430 g/mol. The maximum Gasteiger partial charge on any atom is 0.319 e. The van der Waals surface area contributed by atoms with Gasteiger partial charge in [0.15, 0.2) is 11.5 Å². The van der Waals surface area contributed by atoms with Crippen molar-refractivity contribution in [1.82, 2.24) is 24.9 Å². The van der Waals surface area contributed by atoms with Gasteiger partial charge in [-0.25, -0.2) is 4.79 Å². The highest BCUT2D eigenvalue weighted by Crippen LogP contribution is 2.34. The molecule has 4 rings (SSSR count). The minimum absolute atomic E-state index is 0.0779. The fourth-order valence-electron chi connectivity index (χ4n) is 3.59. The number of aryl methyl sites for hydroxylation is 1. The molecule has 0 bridgehead atoms. The summed E-state index contributed by atoms with van der Waals surface area (Å²) < 4.78 is 17.3. The van der Waals surface area contributed by atoms with E-state index in [0.717, 1.165) is 13.1 Å². The van der Waals surface area contributed by atoms with Gasteiger partial charge in [-0.2, -0.15) is 0 Å². The van der Waals surface area contributed by atoms with Crippen molar-refractivity contribution in [2.24, 2.45) is 7.05 Å². The van der Waals surface area contributed by atoms with E-state index in [4.69, 9.17) is 14.2 Å². The van der Waals surface area contributed by atoms with Crippen LogP contribution in [0, 0.1) is 0 Å². The van der Waals surface area contributed by atoms with E-state index in [1.54, 1.807) is 41.0 Å². The Hall–Kier alpha value is -3.47. The molecule has 31 heavy (non-hydrogen) atoms. The first-order chi connectivity index (χ1) is 15.0. The molecule has 3 amide bonds. The van der Waals surface area contributed by atoms with Gasteiger partial charge in [0.25, 0.3) is 5.91 Å². The third kappa shape index (κ3) is 4.82. The lowest BCUT2D eigenvalue weighted by atomic mass is 10.2. The van der Waals surface area contributed by atoms with Crippen LogP contribution in [0.1, 0.15) is 10.4 Å². The lowest BCUT2D eigenvalue weighted by molar-refractivity contribution is 0.0636. The molecule has 1 aromatic carbocycles. The van der Waals surface area contributed by atoms with E-state index in [1.807, 2.05) is 0 Å². The van der Waals surface area contributed by atoms with E-state index >= 15 is 0 Å². The van der Waals surface area contributed by atoms with Gasteiger partial charge in [0.2, 0.25) is 12.7 Å². The molecule has 0 unspecified atom stereocenters. The first-order valence-electron chi connectivity index (χ1n) is 10.1. The zero-order valence-electron chi connectivity index (χ0n) is 17.6. The summed E-state index contributed by atoms with van der Waals surface area (Å²) in [5, 5.41) is 9.78. The first-order valence-corrected chi connectivity index (χ1v) is 10.1. The number of hydrogen-bond donors (Lipinski definition) is 2. The number of carbonyl (C=O) groups is 2. The number of methoxy groups -OCH3 is 1. The average Bonchev–Trinajstić information content (AvgIpc) is 3.39. The molecule has 1 fully saturated rings. The van der Waals surface area contributed by atoms with Gasteiger partial charge >= 0.3 is 6.03 Å². The SMILES string of the molecule is COc1nn(C)cc1C(=O)N1CCN(CCNC(=O)Nc2ccc3c(c2)OCO3)CC1. The van der Waals surface area contributed by atoms with Crippen LogP contribution in [0.25, 0.3) is 0 Å². The third-order valence-electron chi connectivity index (χ3n) is 5.22. The molecule has 2 aliphatic heterocycles. The molecular formula is C20H26N6O5. The molecule has 0 radical (unpaired) electrons. The maximum atomic E-state index is 12.7. The summed E-state index contributed by atoms with van der Waals surface area (Å²) in [7, 11) is 3.26. The van der Waals surface area contributed by atoms with E-state index in [1.165, 1.54) is 7.11 Å². The van der Waals surface area contributed by atoms with Crippen LogP contribution >= 0.6 is 0 Å². The number of piperazine rings is 1. The Morgan fingerprint density at radius 2 is 1.94 bits per heavy atom. The smallest absolute Gasteiger partial charge is 0.319 e. The topological polar surface area (TPSA) is 110 Å². The number of fused-ring (bicyclic) bond motifs is 1. The second kappa shape index (κ2) is 9.13. The van der Waals surface area contributed by atoms with Crippen molar-refractivity contribution in [2.75, 3.05) is 58.5 Å². The highest BCUT2D eigenvalue weighted by atomic mass is 16.7. The number of carbonyl (C=O) groups excluding carboxylic acids is 2. The molecule has 0 spiro atoms. The second-order valence-corrected chi connectivity index (χ2v) is 7.31. The van der Waals surface area contributed by atoms with Crippen molar-refractivity contribution >= 4 is 17.6 Å². The number of nitrogens with zero attached hydrogens (tertiary/aromatic N) is 4. The van der Waals surface area contributed by atoms with Gasteiger partial charge in [-0.3, -0.25) is 14.4 Å². The van der Waals surface area contributed by atoms with Crippen molar-refractivity contribution in [3.63, 3.8) is 0 Å². The predicted octanol–water partition coefficient (Wildman–Crippen LogP) is 0.737. The van der Waals surface area contributed by atoms with E-state index in [0.29, 0.717) is 54.8 Å². The lowest BCUT2D eigenvalue weighted by Crippen LogP contribution is -2.50. The fourth-order valence-corrected chi connectivity index (χ4v) is 3.59. The van der Waals surface area contributed by atoms with E-state index in [9.17, 15) is 9.59 Å². The summed E-state index contributed by atoms with van der Waals surface area (Å²) in [4.78, 5) is 28.9. The van der Waals surface area contributed by atoms with E-state index < -0.39 is 0 Å². The lowest BCUT2D eigenvalue weighted by Gasteiger charge is -2.34. The van der Waals surface area contributed by atoms with Crippen LogP contribution in [-0.2, 0) is 7.05 Å². The van der Waals surface area contributed by atoms with E-state index in [-0.39, 0.29) is 18.7 Å². The predicted molar refractivity (Wildman–Crippen MR) is 112 cm³/mol. The Morgan fingerprint density at radius 1 is 1.16 bits per heavy atom. The number of rotatable bonds is 6. The van der Waals surface area contributed by atoms with Gasteiger partial charge in [0, 0.05) is 64.3 Å². The van der Waals surface area contributed by atoms with Gasteiger partial charge in [0.05, 0.1) is 7.11 Å². The van der Waals surface area contributed by atoms with Crippen LogP contribution in [-0.4, -0.2) is 84.7 Å². The Bertz CT molecular complexity index is 954. The minimum atomic E-state index is -0.281. The van der Waals surface area contributed by atoms with Crippen LogP contribution in [0.3, 0.4) is 0 Å². The van der Waals surface area contributed by atoms with Crippen molar-refractivity contribution in [2.45, 2.75) is 0 Å². The molecule has 2 N–H and O–H groups in total. The van der Waals surface area contributed by atoms with Crippen molar-refractivity contribution in [1.29, 1.82) is 0 Å². The number of anilines is 1. The van der Waals surface area contributed by atoms with Gasteiger partial charge in [0.1, 0.15) is 5.56 Å². The Balaban J connectivity index is 1.18. The minimum Gasteiger partial charge on any atom is -0.479 e. The van der Waals surface area contributed by atoms with Gasteiger partial charge < -0.3 is 29.7 Å².